The van der Waals surface area contributed by atoms with Gasteiger partial charge in [-0.3, -0.25) is 14.2 Å². The highest BCUT2D eigenvalue weighted by Gasteiger charge is 2.56. The number of methoxy groups -OCH3 is 1. The van der Waals surface area contributed by atoms with Gasteiger partial charge in [-0.25, -0.2) is 4.98 Å². The van der Waals surface area contributed by atoms with E-state index in [1.807, 2.05) is 0 Å². The van der Waals surface area contributed by atoms with E-state index in [4.69, 9.17) is 4.74 Å². The number of aliphatic hydroxyl groups is 1. The summed E-state index contributed by atoms with van der Waals surface area (Å²) < 4.78 is 45.1. The lowest BCUT2D eigenvalue weighted by Gasteiger charge is -2.52. The van der Waals surface area contributed by atoms with Crippen LogP contribution in [-0.4, -0.2) is 57.4 Å². The van der Waals surface area contributed by atoms with Gasteiger partial charge in [0.25, 0.3) is 5.56 Å². The third-order valence-corrected chi connectivity index (χ3v) is 7.57. The molecule has 7 nitrogen and oxygen atoms in total. The molecule has 1 aliphatic heterocycles. The Labute approximate surface area is 195 Å². The van der Waals surface area contributed by atoms with Crippen molar-refractivity contribution in [1.82, 2.24) is 14.5 Å². The Balaban J connectivity index is 1.60. The monoisotopic (exact) mass is 481 g/mol. The van der Waals surface area contributed by atoms with Gasteiger partial charge in [0.15, 0.2) is 0 Å². The van der Waals surface area contributed by atoms with E-state index in [-0.39, 0.29) is 31.6 Å². The van der Waals surface area contributed by atoms with Crippen LogP contribution in [0.4, 0.5) is 13.2 Å². The van der Waals surface area contributed by atoms with E-state index in [9.17, 15) is 27.9 Å². The van der Waals surface area contributed by atoms with Crippen molar-refractivity contribution in [1.29, 1.82) is 0 Å². The highest BCUT2D eigenvalue weighted by Crippen LogP contribution is 2.51. The minimum absolute atomic E-state index is 0.0148. The van der Waals surface area contributed by atoms with E-state index in [2.05, 4.69) is 4.98 Å². The maximum Gasteiger partial charge on any atom is 0.389 e. The van der Waals surface area contributed by atoms with Gasteiger partial charge in [-0.05, 0) is 31.4 Å². The Hall–Kier alpha value is -2.62. The molecule has 2 heterocycles. The van der Waals surface area contributed by atoms with Gasteiger partial charge < -0.3 is 14.7 Å². The number of hydrogen-bond acceptors (Lipinski definition) is 5. The van der Waals surface area contributed by atoms with Crippen molar-refractivity contribution in [2.75, 3.05) is 20.2 Å². The number of alkyl halides is 3. The van der Waals surface area contributed by atoms with Crippen LogP contribution in [-0.2, 0) is 11.3 Å². The lowest BCUT2D eigenvalue weighted by Crippen LogP contribution is -2.62. The van der Waals surface area contributed by atoms with Crippen LogP contribution < -0.4 is 10.3 Å². The number of nitrogens with zero attached hydrogens (tertiary/aromatic N) is 3. The number of hydrogen-bond donors (Lipinski definition) is 1. The average Bonchev–Trinajstić information content (AvgIpc) is 3.26. The summed E-state index contributed by atoms with van der Waals surface area (Å²) in [5, 5.41) is 12.3. The number of ether oxygens (including phenoxy) is 1. The fraction of sp³-hybridized carbons (Fsp3) is 0.625. The number of carbonyl (C=O) groups excluding carboxylic acids is 1. The normalized spacial score (nSPS) is 23.4. The first-order valence-corrected chi connectivity index (χ1v) is 11.6. The lowest BCUT2D eigenvalue weighted by molar-refractivity contribution is -0.172. The molecule has 1 spiro atoms. The van der Waals surface area contributed by atoms with Crippen LogP contribution >= 0.6 is 0 Å². The molecule has 4 rings (SSSR count). The highest BCUT2D eigenvalue weighted by molar-refractivity contribution is 5.79. The Morgan fingerprint density at radius 2 is 1.97 bits per heavy atom. The van der Waals surface area contributed by atoms with Crippen LogP contribution in [0.25, 0.3) is 10.9 Å². The molecule has 1 N–H and O–H groups in total. The third-order valence-electron chi connectivity index (χ3n) is 7.57. The van der Waals surface area contributed by atoms with Crippen molar-refractivity contribution in [2.45, 2.75) is 63.8 Å². The predicted octanol–water partition coefficient (Wildman–Crippen LogP) is 3.52. The van der Waals surface area contributed by atoms with Crippen molar-refractivity contribution < 1.29 is 27.8 Å². The number of piperidine rings is 1. The summed E-state index contributed by atoms with van der Waals surface area (Å²) in [7, 11) is 1.53. The van der Waals surface area contributed by atoms with Crippen LogP contribution in [0.3, 0.4) is 0 Å². The zero-order valence-corrected chi connectivity index (χ0v) is 19.4. The van der Waals surface area contributed by atoms with Crippen molar-refractivity contribution in [3.63, 3.8) is 0 Å². The molecule has 1 aliphatic carbocycles. The quantitative estimate of drug-likeness (QED) is 0.707. The Bertz CT molecular complexity index is 1130. The molecular formula is C24H30F3N3O4. The molecular weight excluding hydrogens is 451 g/mol. The first-order chi connectivity index (χ1) is 16.0. The standard InChI is InChI=1S/C24H30F3N3O4/c1-16(12-24(25,26)27)20(31)29-10-9-23(33,22(13-29)7-3-4-8-22)14-30-15-28-19-11-17(34-2)5-6-18(19)21(30)32/h5-6,11,15-16,33H,3-4,7-10,12-14H2,1-2H3. The second kappa shape index (κ2) is 8.87. The molecule has 186 valence electrons. The molecule has 10 heteroatoms. The molecule has 0 radical (unpaired) electrons. The van der Waals surface area contributed by atoms with Gasteiger partial charge in [0.1, 0.15) is 5.75 Å². The SMILES string of the molecule is COc1ccc2c(=O)n(CC3(O)CCN(C(=O)C(C)CC(F)(F)F)CC34CCCC4)cnc2c1. The van der Waals surface area contributed by atoms with E-state index in [0.29, 0.717) is 29.5 Å². The molecule has 1 aromatic heterocycles. The number of likely N-dealkylation sites (tertiary alicyclic amines) is 1. The predicted molar refractivity (Wildman–Crippen MR) is 119 cm³/mol. The fourth-order valence-electron chi connectivity index (χ4n) is 5.69. The number of amides is 1. The first kappa shape index (κ1) is 24.5. The topological polar surface area (TPSA) is 84.7 Å². The first-order valence-electron chi connectivity index (χ1n) is 11.6. The minimum atomic E-state index is -4.41. The third kappa shape index (κ3) is 4.52. The van der Waals surface area contributed by atoms with Gasteiger partial charge >= 0.3 is 6.18 Å². The van der Waals surface area contributed by atoms with Gasteiger partial charge in [0, 0.05) is 30.5 Å². The van der Waals surface area contributed by atoms with Crippen molar-refractivity contribution >= 4 is 16.8 Å². The molecule has 2 unspecified atom stereocenters. The zero-order valence-electron chi connectivity index (χ0n) is 19.4. The summed E-state index contributed by atoms with van der Waals surface area (Å²) in [5.41, 5.74) is -1.75. The molecule has 1 saturated carbocycles. The minimum Gasteiger partial charge on any atom is -0.497 e. The van der Waals surface area contributed by atoms with E-state index in [0.717, 1.165) is 12.8 Å². The number of aromatic nitrogens is 2. The number of carbonyl (C=O) groups is 1. The summed E-state index contributed by atoms with van der Waals surface area (Å²) in [6.07, 6.45) is -0.978. The van der Waals surface area contributed by atoms with Gasteiger partial charge in [-0.1, -0.05) is 19.8 Å². The largest absolute Gasteiger partial charge is 0.497 e. The molecule has 2 atom stereocenters. The van der Waals surface area contributed by atoms with Crippen LogP contribution in [0.5, 0.6) is 5.75 Å². The van der Waals surface area contributed by atoms with Crippen LogP contribution in [0.2, 0.25) is 0 Å². The number of rotatable bonds is 5. The van der Waals surface area contributed by atoms with Crippen molar-refractivity contribution in [3.8, 4) is 5.75 Å². The second-order valence-electron chi connectivity index (χ2n) is 9.81. The van der Waals surface area contributed by atoms with E-state index >= 15 is 0 Å². The fourth-order valence-corrected chi connectivity index (χ4v) is 5.69. The second-order valence-corrected chi connectivity index (χ2v) is 9.81. The number of fused-ring (bicyclic) bond motifs is 1. The van der Waals surface area contributed by atoms with Gasteiger partial charge in [-0.15, -0.1) is 0 Å². The Morgan fingerprint density at radius 3 is 2.62 bits per heavy atom. The van der Waals surface area contributed by atoms with Crippen LogP contribution in [0.1, 0.15) is 45.4 Å². The van der Waals surface area contributed by atoms with Gasteiger partial charge in [-0.2, -0.15) is 13.2 Å². The zero-order chi connectivity index (χ0) is 24.7. The van der Waals surface area contributed by atoms with Crippen molar-refractivity contribution in [2.24, 2.45) is 11.3 Å². The van der Waals surface area contributed by atoms with Crippen LogP contribution in [0, 0.1) is 11.3 Å². The van der Waals surface area contributed by atoms with E-state index in [1.165, 1.54) is 29.8 Å². The van der Waals surface area contributed by atoms with Crippen LogP contribution in [0.15, 0.2) is 29.3 Å². The molecule has 34 heavy (non-hydrogen) atoms. The molecule has 2 aromatic rings. The molecule has 1 amide bonds. The number of halogens is 3. The molecule has 1 saturated heterocycles. The van der Waals surface area contributed by atoms with Gasteiger partial charge in [0.05, 0.1) is 42.9 Å². The Morgan fingerprint density at radius 1 is 1.26 bits per heavy atom. The summed E-state index contributed by atoms with van der Waals surface area (Å²) in [6.45, 7) is 1.65. The smallest absolute Gasteiger partial charge is 0.389 e. The number of benzene rings is 1. The maximum absolute atomic E-state index is 13.1. The molecule has 2 aliphatic rings. The highest BCUT2D eigenvalue weighted by atomic mass is 19.4. The van der Waals surface area contributed by atoms with Gasteiger partial charge in [0.2, 0.25) is 5.91 Å². The molecule has 0 bridgehead atoms. The summed E-state index contributed by atoms with van der Waals surface area (Å²) in [5.74, 6) is -1.13. The maximum atomic E-state index is 13.1. The molecule has 2 fully saturated rings. The lowest BCUT2D eigenvalue weighted by atomic mass is 9.65. The Kier molecular flexibility index (Phi) is 6.39. The summed E-state index contributed by atoms with van der Waals surface area (Å²) >= 11 is 0. The van der Waals surface area contributed by atoms with E-state index < -0.39 is 35.4 Å². The average molecular weight is 482 g/mol. The summed E-state index contributed by atoms with van der Waals surface area (Å²) in [6, 6.07) is 4.98. The van der Waals surface area contributed by atoms with E-state index in [1.54, 1.807) is 18.2 Å². The van der Waals surface area contributed by atoms with Crippen molar-refractivity contribution in [3.05, 3.63) is 34.9 Å². The molecule has 1 aromatic carbocycles. The summed E-state index contributed by atoms with van der Waals surface area (Å²) in [4.78, 5) is 31.8.